The molecule has 1 N–H and O–H groups in total. The lowest BCUT2D eigenvalue weighted by Gasteiger charge is -2.13. The smallest absolute Gasteiger partial charge is 0.239 e. The van der Waals surface area contributed by atoms with Crippen LogP contribution in [0.1, 0.15) is 26.6 Å². The SMILES string of the molecule is Cc1nnc(S[C@@H](C)C(=O)Nc2nccs2)n1CC(C)C. The third-order valence-corrected chi connectivity index (χ3v) is 4.53. The Labute approximate surface area is 132 Å². The summed E-state index contributed by atoms with van der Waals surface area (Å²) in [6, 6.07) is 0. The molecular formula is C13H19N5OS2. The molecule has 2 heterocycles. The average Bonchev–Trinajstić information content (AvgIpc) is 3.03. The summed E-state index contributed by atoms with van der Waals surface area (Å²) in [5.74, 6) is 1.30. The Hall–Kier alpha value is -1.41. The largest absolute Gasteiger partial charge is 0.306 e. The van der Waals surface area contributed by atoms with Gasteiger partial charge >= 0.3 is 0 Å². The fourth-order valence-corrected chi connectivity index (χ4v) is 3.16. The van der Waals surface area contributed by atoms with Gasteiger partial charge in [-0.1, -0.05) is 25.6 Å². The fraction of sp³-hybridized carbons (Fsp3) is 0.538. The predicted octanol–water partition coefficient (Wildman–Crippen LogP) is 2.82. The van der Waals surface area contributed by atoms with Crippen LogP contribution in [0.15, 0.2) is 16.7 Å². The molecule has 8 heteroatoms. The summed E-state index contributed by atoms with van der Waals surface area (Å²) in [6.45, 7) is 8.93. The molecule has 2 aromatic rings. The van der Waals surface area contributed by atoms with Crippen LogP contribution in [0.25, 0.3) is 0 Å². The van der Waals surface area contributed by atoms with Crippen LogP contribution in [0, 0.1) is 12.8 Å². The van der Waals surface area contributed by atoms with Gasteiger partial charge in [0.05, 0.1) is 5.25 Å². The summed E-state index contributed by atoms with van der Waals surface area (Å²) < 4.78 is 2.06. The van der Waals surface area contributed by atoms with E-state index in [-0.39, 0.29) is 11.2 Å². The molecule has 2 rings (SSSR count). The monoisotopic (exact) mass is 325 g/mol. The number of anilines is 1. The molecule has 0 aliphatic heterocycles. The molecule has 21 heavy (non-hydrogen) atoms. The number of carbonyl (C=O) groups excluding carboxylic acids is 1. The number of carbonyl (C=O) groups is 1. The van der Waals surface area contributed by atoms with Crippen molar-refractivity contribution in [2.24, 2.45) is 5.92 Å². The Balaban J connectivity index is 2.02. The number of thioether (sulfide) groups is 1. The maximum atomic E-state index is 12.1. The number of amides is 1. The van der Waals surface area contributed by atoms with Crippen LogP contribution in [0.4, 0.5) is 5.13 Å². The van der Waals surface area contributed by atoms with Gasteiger partial charge in [0.2, 0.25) is 5.91 Å². The highest BCUT2D eigenvalue weighted by molar-refractivity contribution is 8.00. The van der Waals surface area contributed by atoms with Crippen molar-refractivity contribution in [3.8, 4) is 0 Å². The molecule has 0 radical (unpaired) electrons. The van der Waals surface area contributed by atoms with E-state index in [0.717, 1.165) is 17.5 Å². The molecule has 0 spiro atoms. The second kappa shape index (κ2) is 7.04. The highest BCUT2D eigenvalue weighted by Crippen LogP contribution is 2.24. The Morgan fingerprint density at radius 3 is 2.81 bits per heavy atom. The van der Waals surface area contributed by atoms with Gasteiger partial charge in [-0.3, -0.25) is 4.79 Å². The van der Waals surface area contributed by atoms with Gasteiger partial charge in [-0.2, -0.15) is 0 Å². The minimum Gasteiger partial charge on any atom is -0.306 e. The number of nitrogens with zero attached hydrogens (tertiary/aromatic N) is 4. The predicted molar refractivity (Wildman–Crippen MR) is 85.7 cm³/mol. The first kappa shape index (κ1) is 16.0. The first-order chi connectivity index (χ1) is 9.97. The maximum absolute atomic E-state index is 12.1. The summed E-state index contributed by atoms with van der Waals surface area (Å²) in [5, 5.41) is 14.0. The number of aryl methyl sites for hydroxylation is 1. The number of thiazole rings is 1. The molecule has 0 bridgehead atoms. The number of hydrogen-bond donors (Lipinski definition) is 1. The van der Waals surface area contributed by atoms with Gasteiger partial charge < -0.3 is 9.88 Å². The summed E-state index contributed by atoms with van der Waals surface area (Å²) in [4.78, 5) is 16.2. The average molecular weight is 325 g/mol. The van der Waals surface area contributed by atoms with Gasteiger partial charge in [-0.25, -0.2) is 4.98 Å². The van der Waals surface area contributed by atoms with Crippen LogP contribution in [-0.4, -0.2) is 30.9 Å². The molecule has 1 atom stereocenters. The van der Waals surface area contributed by atoms with Crippen molar-refractivity contribution < 1.29 is 4.79 Å². The van der Waals surface area contributed by atoms with Crippen LogP contribution in [-0.2, 0) is 11.3 Å². The van der Waals surface area contributed by atoms with Gasteiger partial charge in [0.1, 0.15) is 5.82 Å². The number of aromatic nitrogens is 4. The maximum Gasteiger partial charge on any atom is 0.239 e. The van der Waals surface area contributed by atoms with Crippen LogP contribution in [0.2, 0.25) is 0 Å². The lowest BCUT2D eigenvalue weighted by atomic mass is 10.2. The summed E-state index contributed by atoms with van der Waals surface area (Å²) in [5.41, 5.74) is 0. The Kier molecular flexibility index (Phi) is 5.35. The summed E-state index contributed by atoms with van der Waals surface area (Å²) >= 11 is 2.82. The summed E-state index contributed by atoms with van der Waals surface area (Å²) in [7, 11) is 0. The molecule has 0 saturated carbocycles. The van der Waals surface area contributed by atoms with Crippen LogP contribution >= 0.6 is 23.1 Å². The first-order valence-electron chi connectivity index (χ1n) is 6.74. The van der Waals surface area contributed by atoms with Gasteiger partial charge in [0.25, 0.3) is 0 Å². The minimum atomic E-state index is -0.261. The van der Waals surface area contributed by atoms with Crippen molar-refractivity contribution in [3.05, 3.63) is 17.4 Å². The standard InChI is InChI=1S/C13H19N5OS2/c1-8(2)7-18-10(4)16-17-13(18)21-9(3)11(19)15-12-14-5-6-20-12/h5-6,8-9H,7H2,1-4H3,(H,14,15,19)/t9-/m0/s1. The van der Waals surface area contributed by atoms with E-state index in [1.165, 1.54) is 23.1 Å². The molecule has 0 saturated heterocycles. The second-order valence-electron chi connectivity index (χ2n) is 5.12. The van der Waals surface area contributed by atoms with Gasteiger partial charge in [-0.15, -0.1) is 21.5 Å². The molecule has 0 aliphatic rings. The van der Waals surface area contributed by atoms with E-state index in [1.807, 2.05) is 19.2 Å². The molecule has 6 nitrogen and oxygen atoms in total. The molecule has 0 aromatic carbocycles. The lowest BCUT2D eigenvalue weighted by molar-refractivity contribution is -0.115. The highest BCUT2D eigenvalue weighted by atomic mass is 32.2. The zero-order valence-electron chi connectivity index (χ0n) is 12.5. The van der Waals surface area contributed by atoms with Crippen molar-refractivity contribution in [1.82, 2.24) is 19.7 Å². The first-order valence-corrected chi connectivity index (χ1v) is 8.50. The van der Waals surface area contributed by atoms with E-state index in [9.17, 15) is 4.79 Å². The van der Waals surface area contributed by atoms with Crippen molar-refractivity contribution in [2.75, 3.05) is 5.32 Å². The Morgan fingerprint density at radius 2 is 2.19 bits per heavy atom. The van der Waals surface area contributed by atoms with Crippen LogP contribution in [0.3, 0.4) is 0 Å². The van der Waals surface area contributed by atoms with E-state index in [1.54, 1.807) is 6.20 Å². The number of nitrogens with one attached hydrogen (secondary N) is 1. The summed E-state index contributed by atoms with van der Waals surface area (Å²) in [6.07, 6.45) is 1.67. The fourth-order valence-electron chi connectivity index (χ4n) is 1.73. The van der Waals surface area contributed by atoms with Crippen molar-refractivity contribution in [3.63, 3.8) is 0 Å². The molecule has 0 fully saturated rings. The third-order valence-electron chi connectivity index (χ3n) is 2.76. The van der Waals surface area contributed by atoms with Crippen LogP contribution < -0.4 is 5.32 Å². The molecular weight excluding hydrogens is 306 g/mol. The number of rotatable bonds is 6. The highest BCUT2D eigenvalue weighted by Gasteiger charge is 2.20. The zero-order chi connectivity index (χ0) is 15.4. The van der Waals surface area contributed by atoms with Crippen molar-refractivity contribution >= 4 is 34.1 Å². The van der Waals surface area contributed by atoms with Crippen molar-refractivity contribution in [1.29, 1.82) is 0 Å². The quantitative estimate of drug-likeness (QED) is 0.827. The minimum absolute atomic E-state index is 0.0771. The lowest BCUT2D eigenvalue weighted by Crippen LogP contribution is -2.23. The van der Waals surface area contributed by atoms with E-state index in [2.05, 4.69) is 38.9 Å². The van der Waals surface area contributed by atoms with E-state index in [4.69, 9.17) is 0 Å². The van der Waals surface area contributed by atoms with Crippen molar-refractivity contribution in [2.45, 2.75) is 44.6 Å². The molecule has 114 valence electrons. The molecule has 1 amide bonds. The number of hydrogen-bond acceptors (Lipinski definition) is 6. The van der Waals surface area contributed by atoms with E-state index in [0.29, 0.717) is 11.0 Å². The zero-order valence-corrected chi connectivity index (χ0v) is 14.2. The van der Waals surface area contributed by atoms with Crippen LogP contribution in [0.5, 0.6) is 0 Å². The third kappa shape index (κ3) is 4.28. The topological polar surface area (TPSA) is 72.7 Å². The molecule has 0 unspecified atom stereocenters. The molecule has 2 aromatic heterocycles. The molecule has 0 aliphatic carbocycles. The van der Waals surface area contributed by atoms with Gasteiger partial charge in [0.15, 0.2) is 10.3 Å². The Morgan fingerprint density at radius 1 is 1.43 bits per heavy atom. The van der Waals surface area contributed by atoms with E-state index < -0.39 is 0 Å². The Bertz CT molecular complexity index is 594. The van der Waals surface area contributed by atoms with Gasteiger partial charge in [-0.05, 0) is 19.8 Å². The second-order valence-corrected chi connectivity index (χ2v) is 7.32. The van der Waals surface area contributed by atoms with E-state index >= 15 is 0 Å². The van der Waals surface area contributed by atoms with Gasteiger partial charge in [0, 0.05) is 18.1 Å². The normalized spacial score (nSPS) is 12.6.